The summed E-state index contributed by atoms with van der Waals surface area (Å²) < 4.78 is 17.1. The highest BCUT2D eigenvalue weighted by atomic mass is 19.1. The van der Waals surface area contributed by atoms with E-state index >= 15 is 0 Å². The second kappa shape index (κ2) is 5.14. The molecule has 1 atom stereocenters. The third-order valence-corrected chi connectivity index (χ3v) is 1.41. The highest BCUT2D eigenvalue weighted by molar-refractivity contribution is 5.67. The van der Waals surface area contributed by atoms with Crippen LogP contribution in [-0.2, 0) is 4.74 Å². The highest BCUT2D eigenvalue weighted by Crippen LogP contribution is 2.08. The Kier molecular flexibility index (Phi) is 4.83. The first-order valence-electron chi connectivity index (χ1n) is 4.52. The van der Waals surface area contributed by atoms with Crippen molar-refractivity contribution >= 4 is 6.09 Å². The molecule has 0 aliphatic rings. The van der Waals surface area contributed by atoms with Crippen LogP contribution in [0.2, 0.25) is 0 Å². The zero-order valence-corrected chi connectivity index (χ0v) is 9.21. The van der Waals surface area contributed by atoms with Crippen molar-refractivity contribution in [3.63, 3.8) is 0 Å². The molecule has 84 valence electrons. The number of amides is 1. The maximum absolute atomic E-state index is 12.0. The Morgan fingerprint density at radius 3 is 2.43 bits per heavy atom. The third kappa shape index (κ3) is 5.75. The van der Waals surface area contributed by atoms with Gasteiger partial charge in [0.05, 0.1) is 6.04 Å². The maximum atomic E-state index is 12.0. The van der Waals surface area contributed by atoms with Crippen LogP contribution < -0.4 is 5.73 Å². The molecule has 0 aromatic heterocycles. The minimum Gasteiger partial charge on any atom is -0.444 e. The summed E-state index contributed by atoms with van der Waals surface area (Å²) >= 11 is 0. The molecule has 0 radical (unpaired) electrons. The second-order valence-corrected chi connectivity index (χ2v) is 4.28. The standard InChI is InChI=1S/C9H19FN2O2/c1-9(2,3)14-8(13)12(4)6-7(11)5-10/h7H,5-6,11H2,1-4H3. The van der Waals surface area contributed by atoms with E-state index in [-0.39, 0.29) is 6.54 Å². The average molecular weight is 206 g/mol. The molecule has 4 nitrogen and oxygen atoms in total. The Morgan fingerprint density at radius 2 is 2.07 bits per heavy atom. The van der Waals surface area contributed by atoms with Gasteiger partial charge in [-0.2, -0.15) is 0 Å². The summed E-state index contributed by atoms with van der Waals surface area (Å²) in [4.78, 5) is 12.6. The topological polar surface area (TPSA) is 55.6 Å². The monoisotopic (exact) mass is 206 g/mol. The summed E-state index contributed by atoms with van der Waals surface area (Å²) in [7, 11) is 1.53. The Labute approximate surface area is 84.2 Å². The summed E-state index contributed by atoms with van der Waals surface area (Å²) in [5.41, 5.74) is 4.81. The average Bonchev–Trinajstić information content (AvgIpc) is 2.00. The number of carbonyl (C=O) groups is 1. The molecule has 0 saturated carbocycles. The molecule has 0 heterocycles. The number of nitrogens with zero attached hydrogens (tertiary/aromatic N) is 1. The van der Waals surface area contributed by atoms with Crippen LogP contribution in [0.5, 0.6) is 0 Å². The molecule has 0 rings (SSSR count). The lowest BCUT2D eigenvalue weighted by Crippen LogP contribution is -2.42. The van der Waals surface area contributed by atoms with Crippen LogP contribution in [0.1, 0.15) is 20.8 Å². The Balaban J connectivity index is 4.00. The summed E-state index contributed by atoms with van der Waals surface area (Å²) in [6, 6.07) is -0.646. The van der Waals surface area contributed by atoms with E-state index in [9.17, 15) is 9.18 Å². The first kappa shape index (κ1) is 13.2. The number of ether oxygens (including phenoxy) is 1. The van der Waals surface area contributed by atoms with Crippen molar-refractivity contribution in [3.05, 3.63) is 0 Å². The van der Waals surface area contributed by atoms with Crippen molar-refractivity contribution in [1.29, 1.82) is 0 Å². The number of nitrogens with two attached hydrogens (primary N) is 1. The molecule has 1 amide bonds. The number of halogens is 1. The fourth-order valence-electron chi connectivity index (χ4n) is 0.815. The molecule has 5 heteroatoms. The Bertz CT molecular complexity index is 192. The van der Waals surface area contributed by atoms with E-state index in [1.165, 1.54) is 11.9 Å². The summed E-state index contributed by atoms with van der Waals surface area (Å²) in [5, 5.41) is 0. The molecule has 1 unspecified atom stereocenters. The van der Waals surface area contributed by atoms with E-state index in [1.54, 1.807) is 20.8 Å². The molecule has 0 aromatic rings. The predicted octanol–water partition coefficient (Wildman–Crippen LogP) is 1.15. The van der Waals surface area contributed by atoms with E-state index in [0.717, 1.165) is 0 Å². The van der Waals surface area contributed by atoms with Gasteiger partial charge >= 0.3 is 6.09 Å². The molecular weight excluding hydrogens is 187 g/mol. The zero-order chi connectivity index (χ0) is 11.4. The SMILES string of the molecule is CN(CC(N)CF)C(=O)OC(C)(C)C. The van der Waals surface area contributed by atoms with Gasteiger partial charge < -0.3 is 15.4 Å². The number of hydrogen-bond donors (Lipinski definition) is 1. The van der Waals surface area contributed by atoms with Gasteiger partial charge in [-0.15, -0.1) is 0 Å². The Hall–Kier alpha value is -0.840. The van der Waals surface area contributed by atoms with Gasteiger partial charge in [-0.3, -0.25) is 0 Å². The Morgan fingerprint density at radius 1 is 1.57 bits per heavy atom. The van der Waals surface area contributed by atoms with Crippen molar-refractivity contribution < 1.29 is 13.9 Å². The van der Waals surface area contributed by atoms with E-state index in [2.05, 4.69) is 0 Å². The van der Waals surface area contributed by atoms with E-state index in [1.807, 2.05) is 0 Å². The van der Waals surface area contributed by atoms with Crippen molar-refractivity contribution in [1.82, 2.24) is 4.90 Å². The minimum absolute atomic E-state index is 0.158. The van der Waals surface area contributed by atoms with E-state index in [4.69, 9.17) is 10.5 Å². The molecule has 0 spiro atoms. The quantitative estimate of drug-likeness (QED) is 0.753. The number of rotatable bonds is 3. The van der Waals surface area contributed by atoms with Gasteiger partial charge in [0.2, 0.25) is 0 Å². The van der Waals surface area contributed by atoms with Crippen LogP contribution in [0.25, 0.3) is 0 Å². The van der Waals surface area contributed by atoms with Crippen molar-refractivity contribution in [2.75, 3.05) is 20.3 Å². The summed E-state index contributed by atoms with van der Waals surface area (Å²) in [6.07, 6.45) is -0.485. The van der Waals surface area contributed by atoms with Crippen LogP contribution in [0.4, 0.5) is 9.18 Å². The van der Waals surface area contributed by atoms with Gasteiger partial charge in [0.25, 0.3) is 0 Å². The lowest BCUT2D eigenvalue weighted by molar-refractivity contribution is 0.0286. The zero-order valence-electron chi connectivity index (χ0n) is 9.21. The fraction of sp³-hybridized carbons (Fsp3) is 0.889. The number of likely N-dealkylation sites (N-methyl/N-ethyl adjacent to an activating group) is 1. The van der Waals surface area contributed by atoms with Gasteiger partial charge in [0.1, 0.15) is 12.3 Å². The van der Waals surface area contributed by atoms with Crippen molar-refractivity contribution in [2.24, 2.45) is 5.73 Å². The van der Waals surface area contributed by atoms with E-state index in [0.29, 0.717) is 0 Å². The van der Waals surface area contributed by atoms with Crippen LogP contribution >= 0.6 is 0 Å². The number of carbonyl (C=O) groups excluding carboxylic acids is 1. The minimum atomic E-state index is -0.646. The second-order valence-electron chi connectivity index (χ2n) is 4.28. The molecule has 0 fully saturated rings. The van der Waals surface area contributed by atoms with Gasteiger partial charge in [-0.1, -0.05) is 0 Å². The van der Waals surface area contributed by atoms with Gasteiger partial charge in [-0.25, -0.2) is 9.18 Å². The van der Waals surface area contributed by atoms with Gasteiger partial charge in [0.15, 0.2) is 0 Å². The fourth-order valence-corrected chi connectivity index (χ4v) is 0.815. The lowest BCUT2D eigenvalue weighted by Gasteiger charge is -2.25. The summed E-state index contributed by atoms with van der Waals surface area (Å²) in [5.74, 6) is 0. The molecule has 14 heavy (non-hydrogen) atoms. The molecule has 0 aliphatic carbocycles. The van der Waals surface area contributed by atoms with Crippen LogP contribution in [0.3, 0.4) is 0 Å². The van der Waals surface area contributed by atoms with Crippen LogP contribution in [0.15, 0.2) is 0 Å². The van der Waals surface area contributed by atoms with E-state index < -0.39 is 24.4 Å². The first-order chi connectivity index (χ1) is 6.26. The molecule has 0 saturated heterocycles. The third-order valence-electron chi connectivity index (χ3n) is 1.41. The molecule has 0 bridgehead atoms. The number of hydrogen-bond acceptors (Lipinski definition) is 3. The number of alkyl halides is 1. The predicted molar refractivity (Wildman–Crippen MR) is 52.8 cm³/mol. The smallest absolute Gasteiger partial charge is 0.410 e. The van der Waals surface area contributed by atoms with Crippen molar-refractivity contribution in [3.8, 4) is 0 Å². The van der Waals surface area contributed by atoms with Crippen molar-refractivity contribution in [2.45, 2.75) is 32.4 Å². The highest BCUT2D eigenvalue weighted by Gasteiger charge is 2.20. The normalized spacial score (nSPS) is 13.6. The molecular formula is C9H19FN2O2. The maximum Gasteiger partial charge on any atom is 0.410 e. The summed E-state index contributed by atoms with van der Waals surface area (Å²) in [6.45, 7) is 4.83. The first-order valence-corrected chi connectivity index (χ1v) is 4.52. The molecule has 2 N–H and O–H groups in total. The molecule has 0 aliphatic heterocycles. The van der Waals surface area contributed by atoms with Crippen LogP contribution in [-0.4, -0.2) is 42.9 Å². The van der Waals surface area contributed by atoms with Crippen LogP contribution in [0, 0.1) is 0 Å². The van der Waals surface area contributed by atoms with Gasteiger partial charge in [-0.05, 0) is 20.8 Å². The molecule has 0 aromatic carbocycles. The van der Waals surface area contributed by atoms with Gasteiger partial charge in [0, 0.05) is 13.6 Å². The lowest BCUT2D eigenvalue weighted by atomic mass is 10.2. The largest absolute Gasteiger partial charge is 0.444 e.